The van der Waals surface area contributed by atoms with Crippen LogP contribution in [0, 0.1) is 5.82 Å². The lowest BCUT2D eigenvalue weighted by molar-refractivity contribution is -0.173. The van der Waals surface area contributed by atoms with Crippen LogP contribution in [0.25, 0.3) is 0 Å². The van der Waals surface area contributed by atoms with E-state index in [0.29, 0.717) is 19.4 Å². The van der Waals surface area contributed by atoms with Gasteiger partial charge in [-0.1, -0.05) is 6.07 Å². The standard InChI is InChI=1S/C18H26FNO3/c1-17(21)7-10-23-18(13-17)5-8-20(9-6-18)12-14-3-4-16(22-2)15(19)11-14/h3-4,11,21H,5-10,12-13H2,1-2H3. The number of benzene rings is 1. The van der Waals surface area contributed by atoms with Crippen LogP contribution in [0.1, 0.15) is 38.2 Å². The predicted molar refractivity (Wildman–Crippen MR) is 86.0 cm³/mol. The van der Waals surface area contributed by atoms with E-state index in [2.05, 4.69) is 4.90 Å². The Morgan fingerprint density at radius 2 is 2.04 bits per heavy atom. The highest BCUT2D eigenvalue weighted by atomic mass is 19.1. The third-order valence-electron chi connectivity index (χ3n) is 5.14. The molecule has 2 fully saturated rings. The van der Waals surface area contributed by atoms with E-state index in [-0.39, 0.29) is 17.2 Å². The normalized spacial score (nSPS) is 28.0. The summed E-state index contributed by atoms with van der Waals surface area (Å²) >= 11 is 0. The molecule has 4 nitrogen and oxygen atoms in total. The topological polar surface area (TPSA) is 41.9 Å². The van der Waals surface area contributed by atoms with Crippen molar-refractivity contribution in [3.05, 3.63) is 29.6 Å². The largest absolute Gasteiger partial charge is 0.494 e. The SMILES string of the molecule is COc1ccc(CN2CCC3(CC2)CC(C)(O)CCO3)cc1F. The van der Waals surface area contributed by atoms with Crippen LogP contribution in [0.4, 0.5) is 4.39 Å². The summed E-state index contributed by atoms with van der Waals surface area (Å²) in [6.45, 7) is 5.08. The zero-order valence-corrected chi connectivity index (χ0v) is 14.0. The summed E-state index contributed by atoms with van der Waals surface area (Å²) in [5.41, 5.74) is 0.166. The molecular formula is C18H26FNO3. The lowest BCUT2D eigenvalue weighted by Gasteiger charge is -2.48. The Morgan fingerprint density at radius 3 is 2.65 bits per heavy atom. The first-order valence-electron chi connectivity index (χ1n) is 8.33. The number of hydrogen-bond donors (Lipinski definition) is 1. The minimum absolute atomic E-state index is 0.177. The maximum absolute atomic E-state index is 13.8. The number of nitrogens with zero attached hydrogens (tertiary/aromatic N) is 1. The van der Waals surface area contributed by atoms with Crippen LogP contribution in [0.15, 0.2) is 18.2 Å². The second-order valence-electron chi connectivity index (χ2n) is 7.20. The lowest BCUT2D eigenvalue weighted by atomic mass is 9.78. The first-order valence-corrected chi connectivity index (χ1v) is 8.33. The van der Waals surface area contributed by atoms with Crippen LogP contribution in [0.2, 0.25) is 0 Å². The number of halogens is 1. The number of aliphatic hydroxyl groups is 1. The highest BCUT2D eigenvalue weighted by molar-refractivity contribution is 5.29. The first kappa shape index (κ1) is 16.7. The van der Waals surface area contributed by atoms with Gasteiger partial charge in [0.1, 0.15) is 0 Å². The molecule has 23 heavy (non-hydrogen) atoms. The lowest BCUT2D eigenvalue weighted by Crippen LogP contribution is -2.53. The predicted octanol–water partition coefficient (Wildman–Crippen LogP) is 2.73. The Kier molecular flexibility index (Phi) is 4.63. The molecule has 5 heteroatoms. The number of ether oxygens (including phenoxy) is 2. The van der Waals surface area contributed by atoms with E-state index in [1.807, 2.05) is 13.0 Å². The average molecular weight is 323 g/mol. The monoisotopic (exact) mass is 323 g/mol. The molecule has 1 N–H and O–H groups in total. The van der Waals surface area contributed by atoms with Crippen molar-refractivity contribution in [1.29, 1.82) is 0 Å². The van der Waals surface area contributed by atoms with E-state index in [9.17, 15) is 9.50 Å². The maximum Gasteiger partial charge on any atom is 0.165 e. The Bertz CT molecular complexity index is 553. The molecule has 0 amide bonds. The highest BCUT2D eigenvalue weighted by Crippen LogP contribution is 2.39. The van der Waals surface area contributed by atoms with Crippen molar-refractivity contribution in [1.82, 2.24) is 4.90 Å². The smallest absolute Gasteiger partial charge is 0.165 e. The molecule has 2 aliphatic rings. The molecule has 128 valence electrons. The summed E-state index contributed by atoms with van der Waals surface area (Å²) in [5, 5.41) is 10.3. The zero-order chi connectivity index (χ0) is 16.5. The first-order chi connectivity index (χ1) is 10.9. The summed E-state index contributed by atoms with van der Waals surface area (Å²) in [7, 11) is 1.47. The van der Waals surface area contributed by atoms with Crippen molar-refractivity contribution in [2.75, 3.05) is 26.8 Å². The molecular weight excluding hydrogens is 297 g/mol. The second-order valence-corrected chi connectivity index (χ2v) is 7.20. The number of methoxy groups -OCH3 is 1. The Labute approximate surface area is 137 Å². The van der Waals surface area contributed by atoms with Gasteiger partial charge in [0, 0.05) is 26.1 Å². The minimum Gasteiger partial charge on any atom is -0.494 e. The summed E-state index contributed by atoms with van der Waals surface area (Å²) in [4.78, 5) is 2.32. The van der Waals surface area contributed by atoms with Crippen LogP contribution in [-0.2, 0) is 11.3 Å². The fourth-order valence-electron chi connectivity index (χ4n) is 3.83. The van der Waals surface area contributed by atoms with Crippen molar-refractivity contribution in [3.8, 4) is 5.75 Å². The summed E-state index contributed by atoms with van der Waals surface area (Å²) < 4.78 is 24.8. The van der Waals surface area contributed by atoms with Gasteiger partial charge in [-0.15, -0.1) is 0 Å². The van der Waals surface area contributed by atoms with Crippen molar-refractivity contribution < 1.29 is 19.0 Å². The molecule has 0 aromatic heterocycles. The van der Waals surface area contributed by atoms with E-state index < -0.39 is 5.60 Å². The average Bonchev–Trinajstić information content (AvgIpc) is 2.49. The zero-order valence-electron chi connectivity index (χ0n) is 14.0. The van der Waals surface area contributed by atoms with Gasteiger partial charge in [0.05, 0.1) is 24.9 Å². The molecule has 1 unspecified atom stereocenters. The Hall–Kier alpha value is -1.17. The Morgan fingerprint density at radius 1 is 1.30 bits per heavy atom. The van der Waals surface area contributed by atoms with Gasteiger partial charge in [0.25, 0.3) is 0 Å². The number of piperidine rings is 1. The third kappa shape index (κ3) is 3.84. The van der Waals surface area contributed by atoms with Crippen LogP contribution in [-0.4, -0.2) is 48.0 Å². The van der Waals surface area contributed by atoms with Crippen molar-refractivity contribution >= 4 is 0 Å². The van der Waals surface area contributed by atoms with Crippen LogP contribution < -0.4 is 4.74 Å². The van der Waals surface area contributed by atoms with E-state index in [1.54, 1.807) is 12.1 Å². The molecule has 1 aromatic carbocycles. The van der Waals surface area contributed by atoms with Gasteiger partial charge in [0.2, 0.25) is 0 Å². The molecule has 1 aromatic rings. The van der Waals surface area contributed by atoms with Crippen molar-refractivity contribution in [2.45, 2.75) is 50.4 Å². The van der Waals surface area contributed by atoms with Crippen LogP contribution >= 0.6 is 0 Å². The van der Waals surface area contributed by atoms with Crippen molar-refractivity contribution in [3.63, 3.8) is 0 Å². The summed E-state index contributed by atoms with van der Waals surface area (Å²) in [6, 6.07) is 5.14. The maximum atomic E-state index is 13.8. The fourth-order valence-corrected chi connectivity index (χ4v) is 3.83. The van der Waals surface area contributed by atoms with Crippen LogP contribution in [0.5, 0.6) is 5.75 Å². The minimum atomic E-state index is -0.612. The molecule has 0 radical (unpaired) electrons. The van der Waals surface area contributed by atoms with Gasteiger partial charge < -0.3 is 14.6 Å². The van der Waals surface area contributed by atoms with E-state index in [1.165, 1.54) is 7.11 Å². The number of rotatable bonds is 3. The van der Waals surface area contributed by atoms with Gasteiger partial charge >= 0.3 is 0 Å². The van der Waals surface area contributed by atoms with E-state index in [4.69, 9.17) is 9.47 Å². The van der Waals surface area contributed by atoms with Gasteiger partial charge in [-0.3, -0.25) is 4.90 Å². The van der Waals surface area contributed by atoms with Gasteiger partial charge in [-0.05, 0) is 43.9 Å². The number of likely N-dealkylation sites (tertiary alicyclic amines) is 1. The van der Waals surface area contributed by atoms with E-state index >= 15 is 0 Å². The summed E-state index contributed by atoms with van der Waals surface area (Å²) in [6.07, 6.45) is 3.26. The van der Waals surface area contributed by atoms with E-state index in [0.717, 1.165) is 38.0 Å². The third-order valence-corrected chi connectivity index (χ3v) is 5.14. The molecule has 0 bridgehead atoms. The molecule has 1 spiro atoms. The molecule has 1 atom stereocenters. The Balaban J connectivity index is 1.58. The van der Waals surface area contributed by atoms with Crippen molar-refractivity contribution in [2.24, 2.45) is 0 Å². The molecule has 0 aliphatic carbocycles. The molecule has 3 rings (SSSR count). The molecule has 2 aliphatic heterocycles. The highest BCUT2D eigenvalue weighted by Gasteiger charge is 2.44. The molecule has 2 heterocycles. The molecule has 2 saturated heterocycles. The van der Waals surface area contributed by atoms with Gasteiger partial charge in [-0.25, -0.2) is 4.39 Å². The summed E-state index contributed by atoms with van der Waals surface area (Å²) in [5.74, 6) is -0.0330. The quantitative estimate of drug-likeness (QED) is 0.929. The second kappa shape index (κ2) is 6.38. The fraction of sp³-hybridized carbons (Fsp3) is 0.667. The van der Waals surface area contributed by atoms with Gasteiger partial charge in [0.15, 0.2) is 11.6 Å². The van der Waals surface area contributed by atoms with Crippen LogP contribution in [0.3, 0.4) is 0 Å². The molecule has 0 saturated carbocycles. The number of hydrogen-bond acceptors (Lipinski definition) is 4. The van der Waals surface area contributed by atoms with Gasteiger partial charge in [-0.2, -0.15) is 0 Å².